The second-order valence-electron chi connectivity index (χ2n) is 3.48. The van der Waals surface area contributed by atoms with Crippen molar-refractivity contribution in [3.05, 3.63) is 53.7 Å². The Hall–Kier alpha value is -0.526. The second-order valence-corrected chi connectivity index (χ2v) is 3.48. The van der Waals surface area contributed by atoms with Gasteiger partial charge in [-0.25, -0.2) is 0 Å². The van der Waals surface area contributed by atoms with Crippen LogP contribution in [0.5, 0.6) is 0 Å². The Morgan fingerprint density at radius 3 is 2.27 bits per heavy atom. The van der Waals surface area contributed by atoms with E-state index in [1.807, 2.05) is 19.2 Å². The van der Waals surface area contributed by atoms with Crippen molar-refractivity contribution in [1.82, 2.24) is 4.98 Å². The molecule has 1 radical (unpaired) electrons. The van der Waals surface area contributed by atoms with Gasteiger partial charge in [-0.3, -0.25) is 0 Å². The van der Waals surface area contributed by atoms with Crippen molar-refractivity contribution in [1.29, 1.82) is 0 Å². The predicted molar refractivity (Wildman–Crippen MR) is 58.0 cm³/mol. The zero-order valence-electron chi connectivity index (χ0n) is 8.99. The molecule has 0 amide bonds. The molecule has 2 aromatic rings. The van der Waals surface area contributed by atoms with Gasteiger partial charge in [0, 0.05) is 32.7 Å². The minimum atomic E-state index is 0. The standard InChI is InChI=1S/C13H12N.Y/c1-10-3-6-12(7-4-10)13-8-5-11(2)9-14-13;/h3-4,6-9H,1-2H3;/q-1;. The van der Waals surface area contributed by atoms with E-state index in [2.05, 4.69) is 42.2 Å². The fourth-order valence-corrected chi connectivity index (χ4v) is 1.31. The molecule has 0 atom stereocenters. The number of pyridine rings is 1. The average Bonchev–Trinajstić information content (AvgIpc) is 2.21. The third-order valence-corrected chi connectivity index (χ3v) is 2.18. The van der Waals surface area contributed by atoms with Crippen LogP contribution in [0.25, 0.3) is 11.3 Å². The van der Waals surface area contributed by atoms with Crippen molar-refractivity contribution < 1.29 is 32.7 Å². The van der Waals surface area contributed by atoms with Gasteiger partial charge in [-0.15, -0.1) is 5.56 Å². The van der Waals surface area contributed by atoms with Crippen molar-refractivity contribution in [2.45, 2.75) is 13.8 Å². The molecule has 0 aliphatic carbocycles. The van der Waals surface area contributed by atoms with E-state index in [0.29, 0.717) is 0 Å². The summed E-state index contributed by atoms with van der Waals surface area (Å²) in [6.07, 6.45) is 1.84. The third kappa shape index (κ3) is 3.22. The summed E-state index contributed by atoms with van der Waals surface area (Å²) in [6.45, 7) is 4.07. The van der Waals surface area contributed by atoms with Gasteiger partial charge < -0.3 is 4.98 Å². The fraction of sp³-hybridized carbons (Fsp3) is 0.154. The van der Waals surface area contributed by atoms with Gasteiger partial charge in [-0.05, 0) is 12.6 Å². The number of benzene rings is 1. The van der Waals surface area contributed by atoms with E-state index in [4.69, 9.17) is 0 Å². The number of rotatable bonds is 1. The normalized spacial score (nSPS) is 9.47. The van der Waals surface area contributed by atoms with Gasteiger partial charge in [-0.1, -0.05) is 48.5 Å². The summed E-state index contributed by atoms with van der Waals surface area (Å²) in [5, 5.41) is 0. The molecule has 1 aromatic carbocycles. The number of hydrogen-bond acceptors (Lipinski definition) is 1. The molecule has 0 N–H and O–H groups in total. The topological polar surface area (TPSA) is 12.9 Å². The smallest absolute Gasteiger partial charge is 0 e. The first-order valence-corrected chi connectivity index (χ1v) is 4.67. The van der Waals surface area contributed by atoms with E-state index in [1.165, 1.54) is 5.56 Å². The van der Waals surface area contributed by atoms with Crippen LogP contribution in [0.2, 0.25) is 0 Å². The van der Waals surface area contributed by atoms with E-state index < -0.39 is 0 Å². The van der Waals surface area contributed by atoms with Crippen LogP contribution in [-0.4, -0.2) is 4.98 Å². The summed E-state index contributed by atoms with van der Waals surface area (Å²) in [7, 11) is 0. The van der Waals surface area contributed by atoms with E-state index in [0.717, 1.165) is 16.8 Å². The molecule has 2 rings (SSSR count). The number of aryl methyl sites for hydroxylation is 2. The maximum absolute atomic E-state index is 4.35. The molecule has 0 aliphatic heterocycles. The zero-order chi connectivity index (χ0) is 9.97. The molecule has 0 saturated heterocycles. The minimum Gasteiger partial charge on any atom is -0.383 e. The van der Waals surface area contributed by atoms with Gasteiger partial charge in [0.25, 0.3) is 0 Å². The maximum atomic E-state index is 4.35. The molecule has 0 fully saturated rings. The zero-order valence-corrected chi connectivity index (χ0v) is 11.8. The monoisotopic (exact) mass is 271 g/mol. The summed E-state index contributed by atoms with van der Waals surface area (Å²) in [6, 6.07) is 13.4. The second kappa shape index (κ2) is 5.53. The summed E-state index contributed by atoms with van der Waals surface area (Å²) in [4.78, 5) is 4.35. The van der Waals surface area contributed by atoms with Crippen LogP contribution >= 0.6 is 0 Å². The molecule has 1 aromatic heterocycles. The molecule has 2 heteroatoms. The summed E-state index contributed by atoms with van der Waals surface area (Å²) in [5.41, 5.74) is 4.47. The molecule has 0 bridgehead atoms. The van der Waals surface area contributed by atoms with Crippen LogP contribution in [0.15, 0.2) is 36.5 Å². The van der Waals surface area contributed by atoms with Gasteiger partial charge in [0.1, 0.15) is 0 Å². The molecule has 15 heavy (non-hydrogen) atoms. The molecule has 0 aliphatic rings. The molecular formula is C13H12NY-. The van der Waals surface area contributed by atoms with Gasteiger partial charge in [0.05, 0.1) is 0 Å². The van der Waals surface area contributed by atoms with E-state index in [1.54, 1.807) is 0 Å². The molecule has 1 nitrogen and oxygen atoms in total. The van der Waals surface area contributed by atoms with Gasteiger partial charge >= 0.3 is 0 Å². The maximum Gasteiger partial charge on any atom is 0 e. The summed E-state index contributed by atoms with van der Waals surface area (Å²) < 4.78 is 0. The Balaban J connectivity index is 0.00000112. The van der Waals surface area contributed by atoms with E-state index >= 15 is 0 Å². The Labute approximate surface area is 116 Å². The van der Waals surface area contributed by atoms with Crippen molar-refractivity contribution in [3.8, 4) is 11.3 Å². The van der Waals surface area contributed by atoms with Crippen LogP contribution in [0.4, 0.5) is 0 Å². The van der Waals surface area contributed by atoms with Crippen LogP contribution < -0.4 is 0 Å². The first-order chi connectivity index (χ1) is 6.75. The van der Waals surface area contributed by atoms with Gasteiger partial charge in [0.2, 0.25) is 0 Å². The largest absolute Gasteiger partial charge is 0.383 e. The van der Waals surface area contributed by atoms with Crippen LogP contribution in [0, 0.1) is 19.9 Å². The fourth-order valence-electron chi connectivity index (χ4n) is 1.31. The minimum absolute atomic E-state index is 0. The van der Waals surface area contributed by atoms with Gasteiger partial charge in [0.15, 0.2) is 0 Å². The Morgan fingerprint density at radius 1 is 1.07 bits per heavy atom. The summed E-state index contributed by atoms with van der Waals surface area (Å²) in [5.74, 6) is 0. The van der Waals surface area contributed by atoms with E-state index in [-0.39, 0.29) is 32.7 Å². The molecule has 0 saturated carbocycles. The van der Waals surface area contributed by atoms with Gasteiger partial charge in [-0.2, -0.15) is 12.1 Å². The van der Waals surface area contributed by atoms with Crippen molar-refractivity contribution >= 4 is 0 Å². The molecule has 0 unspecified atom stereocenters. The first-order valence-electron chi connectivity index (χ1n) is 4.67. The molecule has 73 valence electrons. The first kappa shape index (κ1) is 12.5. The van der Waals surface area contributed by atoms with E-state index in [9.17, 15) is 0 Å². The average molecular weight is 271 g/mol. The van der Waals surface area contributed by atoms with Crippen LogP contribution in [0.3, 0.4) is 0 Å². The molecule has 0 spiro atoms. The Morgan fingerprint density at radius 2 is 1.73 bits per heavy atom. The quantitative estimate of drug-likeness (QED) is 0.726. The number of nitrogens with zero attached hydrogens (tertiary/aromatic N) is 1. The van der Waals surface area contributed by atoms with Crippen LogP contribution in [-0.2, 0) is 32.7 Å². The third-order valence-electron chi connectivity index (χ3n) is 2.18. The van der Waals surface area contributed by atoms with Crippen molar-refractivity contribution in [3.63, 3.8) is 0 Å². The SMILES string of the molecule is Cc1[c-]cc(-c2ccc(C)cc2)nc1.[Y]. The number of aromatic nitrogens is 1. The Bertz CT molecular complexity index is 374. The number of hydrogen-bond donors (Lipinski definition) is 0. The molecule has 1 heterocycles. The summed E-state index contributed by atoms with van der Waals surface area (Å²) >= 11 is 0. The van der Waals surface area contributed by atoms with Crippen molar-refractivity contribution in [2.75, 3.05) is 0 Å². The van der Waals surface area contributed by atoms with Crippen LogP contribution in [0.1, 0.15) is 11.1 Å². The predicted octanol–water partition coefficient (Wildman–Crippen LogP) is 3.16. The Kier molecular flexibility index (Phi) is 4.62. The molecular weight excluding hydrogens is 259 g/mol. The van der Waals surface area contributed by atoms with Crippen molar-refractivity contribution in [2.24, 2.45) is 0 Å².